The lowest BCUT2D eigenvalue weighted by molar-refractivity contribution is 0.630. The van der Waals surface area contributed by atoms with Gasteiger partial charge in [0.2, 0.25) is 6.19 Å². The zero-order valence-corrected chi connectivity index (χ0v) is 23.7. The van der Waals surface area contributed by atoms with Crippen molar-refractivity contribution in [3.8, 4) is 11.9 Å². The number of rotatable bonds is 6. The summed E-state index contributed by atoms with van der Waals surface area (Å²) >= 11 is 0. The SMILES string of the molecule is CC.Cc1ccc(Nc2c3c(=O)n(C4CC4)c(=O)n(-c4cccc(CC(N)=NC#N)c4)c3c(C)c(=O)n2C)c(F)c1. The Morgan fingerprint density at radius 3 is 2.46 bits per heavy atom. The summed E-state index contributed by atoms with van der Waals surface area (Å²) in [6.07, 6.45) is 3.15. The molecule has 0 atom stereocenters. The Bertz CT molecular complexity index is 1910. The van der Waals surface area contributed by atoms with E-state index < -0.39 is 22.6 Å². The Morgan fingerprint density at radius 2 is 1.83 bits per heavy atom. The van der Waals surface area contributed by atoms with Gasteiger partial charge in [0.25, 0.3) is 11.1 Å². The lowest BCUT2D eigenvalue weighted by atomic mass is 10.1. The van der Waals surface area contributed by atoms with Crippen molar-refractivity contribution in [2.75, 3.05) is 5.32 Å². The molecule has 11 heteroatoms. The molecule has 1 saturated carbocycles. The molecule has 0 radical (unpaired) electrons. The molecule has 0 aliphatic heterocycles. The standard InChI is InChI=1S/C28H26FN7O3.C2H6/c1-15-7-10-21(20(29)11-15)33-25-23-24(16(2)26(37)34(25)3)35(28(39)36(27(23)38)18-8-9-18)19-6-4-5-17(12-19)13-22(31)32-14-30;1-2/h4-7,10-12,18,33H,8-9,13H2,1-3H3,(H2,31,32);1-2H3. The maximum absolute atomic E-state index is 14.8. The first-order chi connectivity index (χ1) is 19.6. The van der Waals surface area contributed by atoms with Crippen LogP contribution >= 0.6 is 0 Å². The van der Waals surface area contributed by atoms with Gasteiger partial charge < -0.3 is 11.1 Å². The molecule has 0 amide bonds. The number of benzene rings is 2. The number of hydrogen-bond acceptors (Lipinski definition) is 6. The molecule has 2 heterocycles. The second-order valence-electron chi connectivity index (χ2n) is 9.74. The van der Waals surface area contributed by atoms with Gasteiger partial charge in [-0.2, -0.15) is 10.3 Å². The fourth-order valence-electron chi connectivity index (χ4n) is 4.82. The summed E-state index contributed by atoms with van der Waals surface area (Å²) in [4.78, 5) is 44.7. The number of aliphatic imine (C=N–C) groups is 1. The molecule has 3 N–H and O–H groups in total. The summed E-state index contributed by atoms with van der Waals surface area (Å²) in [5.74, 6) is -0.360. The van der Waals surface area contributed by atoms with Crippen molar-refractivity contribution >= 4 is 28.2 Å². The topological polar surface area (TPSA) is 140 Å². The van der Waals surface area contributed by atoms with Crippen LogP contribution in [-0.2, 0) is 13.5 Å². The van der Waals surface area contributed by atoms with Crippen LogP contribution in [0.4, 0.5) is 15.9 Å². The summed E-state index contributed by atoms with van der Waals surface area (Å²) in [5.41, 5.74) is 6.46. The minimum atomic E-state index is -0.574. The van der Waals surface area contributed by atoms with Gasteiger partial charge in [-0.1, -0.05) is 32.0 Å². The van der Waals surface area contributed by atoms with E-state index in [4.69, 9.17) is 11.0 Å². The first-order valence-electron chi connectivity index (χ1n) is 13.4. The predicted molar refractivity (Wildman–Crippen MR) is 159 cm³/mol. The van der Waals surface area contributed by atoms with E-state index in [9.17, 15) is 18.8 Å². The van der Waals surface area contributed by atoms with Gasteiger partial charge in [-0.05, 0) is 62.1 Å². The van der Waals surface area contributed by atoms with Crippen LogP contribution in [0.1, 0.15) is 49.4 Å². The summed E-state index contributed by atoms with van der Waals surface area (Å²) in [6.45, 7) is 7.31. The van der Waals surface area contributed by atoms with E-state index in [-0.39, 0.29) is 46.3 Å². The smallest absolute Gasteiger partial charge is 0.336 e. The molecule has 10 nitrogen and oxygen atoms in total. The van der Waals surface area contributed by atoms with Crippen LogP contribution in [-0.4, -0.2) is 19.5 Å². The number of aromatic nitrogens is 3. The van der Waals surface area contributed by atoms with Gasteiger partial charge in [0.1, 0.15) is 22.9 Å². The van der Waals surface area contributed by atoms with Crippen molar-refractivity contribution in [2.24, 2.45) is 17.8 Å². The summed E-state index contributed by atoms with van der Waals surface area (Å²) < 4.78 is 18.7. The number of fused-ring (bicyclic) bond motifs is 1. The fourth-order valence-corrected chi connectivity index (χ4v) is 4.82. The Morgan fingerprint density at radius 1 is 1.12 bits per heavy atom. The lowest BCUT2D eigenvalue weighted by Gasteiger charge is -2.21. The molecule has 1 aliphatic rings. The average Bonchev–Trinajstić information content (AvgIpc) is 3.78. The van der Waals surface area contributed by atoms with Crippen LogP contribution in [0.5, 0.6) is 0 Å². The van der Waals surface area contributed by atoms with E-state index in [2.05, 4.69) is 10.3 Å². The van der Waals surface area contributed by atoms with Crippen molar-refractivity contribution < 1.29 is 4.39 Å². The number of nitriles is 1. The number of nitrogens with two attached hydrogens (primary N) is 1. The van der Waals surface area contributed by atoms with Gasteiger partial charge in [0, 0.05) is 25.1 Å². The van der Waals surface area contributed by atoms with Crippen molar-refractivity contribution in [2.45, 2.75) is 53.0 Å². The molecule has 2 aromatic carbocycles. The zero-order valence-electron chi connectivity index (χ0n) is 23.7. The first kappa shape index (κ1) is 29.0. The summed E-state index contributed by atoms with van der Waals surface area (Å²) in [5, 5.41) is 11.8. The van der Waals surface area contributed by atoms with Crippen molar-refractivity contribution in [1.82, 2.24) is 13.7 Å². The van der Waals surface area contributed by atoms with Gasteiger partial charge in [0.15, 0.2) is 0 Å². The predicted octanol–water partition coefficient (Wildman–Crippen LogP) is 4.09. The lowest BCUT2D eigenvalue weighted by Crippen LogP contribution is -2.41. The minimum Gasteiger partial charge on any atom is -0.386 e. The molecule has 2 aromatic heterocycles. The van der Waals surface area contributed by atoms with E-state index >= 15 is 0 Å². The molecular formula is C30H32FN7O3. The summed E-state index contributed by atoms with van der Waals surface area (Å²) in [6, 6.07) is 11.2. The third kappa shape index (κ3) is 5.41. The number of nitrogens with one attached hydrogen (secondary N) is 1. The van der Waals surface area contributed by atoms with Gasteiger partial charge in [-0.15, -0.1) is 0 Å². The molecule has 1 aliphatic carbocycles. The van der Waals surface area contributed by atoms with E-state index in [0.717, 1.165) is 0 Å². The molecule has 0 bridgehead atoms. The number of hydrogen-bond donors (Lipinski definition) is 2. The van der Waals surface area contributed by atoms with E-state index in [1.54, 1.807) is 50.4 Å². The van der Waals surface area contributed by atoms with Gasteiger partial charge >= 0.3 is 5.69 Å². The number of halogens is 1. The van der Waals surface area contributed by atoms with Crippen LogP contribution in [0, 0.1) is 31.1 Å². The van der Waals surface area contributed by atoms with E-state index in [1.807, 2.05) is 13.8 Å². The van der Waals surface area contributed by atoms with Crippen molar-refractivity contribution in [3.05, 3.63) is 96.2 Å². The molecule has 41 heavy (non-hydrogen) atoms. The number of nitrogens with zero attached hydrogens (tertiary/aromatic N) is 5. The molecule has 0 saturated heterocycles. The Hall–Kier alpha value is -4.98. The summed E-state index contributed by atoms with van der Waals surface area (Å²) in [7, 11) is 1.50. The molecular weight excluding hydrogens is 525 g/mol. The third-order valence-corrected chi connectivity index (χ3v) is 6.88. The first-order valence-corrected chi connectivity index (χ1v) is 13.4. The Balaban J connectivity index is 0.00000189. The molecule has 0 spiro atoms. The normalized spacial score (nSPS) is 13.0. The fraction of sp³-hybridized carbons (Fsp3) is 0.300. The second-order valence-corrected chi connectivity index (χ2v) is 9.74. The molecule has 4 aromatic rings. The molecule has 5 rings (SSSR count). The van der Waals surface area contributed by atoms with Crippen molar-refractivity contribution in [3.63, 3.8) is 0 Å². The minimum absolute atomic E-state index is 0.0815. The highest BCUT2D eigenvalue weighted by molar-refractivity contribution is 5.93. The monoisotopic (exact) mass is 557 g/mol. The Labute approximate surface area is 235 Å². The van der Waals surface area contributed by atoms with Gasteiger partial charge in [0.05, 0.1) is 16.9 Å². The number of anilines is 2. The van der Waals surface area contributed by atoms with Crippen LogP contribution < -0.4 is 27.9 Å². The van der Waals surface area contributed by atoms with Crippen LogP contribution in [0.25, 0.3) is 16.6 Å². The van der Waals surface area contributed by atoms with Crippen molar-refractivity contribution in [1.29, 1.82) is 5.26 Å². The highest BCUT2D eigenvalue weighted by atomic mass is 19.1. The largest absolute Gasteiger partial charge is 0.386 e. The Kier molecular flexibility index (Phi) is 8.23. The van der Waals surface area contributed by atoms with Crippen LogP contribution in [0.3, 0.4) is 0 Å². The quantitative estimate of drug-likeness (QED) is 0.208. The van der Waals surface area contributed by atoms with Crippen LogP contribution in [0.15, 0.2) is 61.8 Å². The van der Waals surface area contributed by atoms with Gasteiger partial charge in [-0.3, -0.25) is 23.3 Å². The molecule has 212 valence electrons. The third-order valence-electron chi connectivity index (χ3n) is 6.88. The average molecular weight is 558 g/mol. The number of aryl methyl sites for hydroxylation is 2. The van der Waals surface area contributed by atoms with Crippen LogP contribution in [0.2, 0.25) is 0 Å². The number of pyridine rings is 1. The zero-order chi connectivity index (χ0) is 30.0. The van der Waals surface area contributed by atoms with Gasteiger partial charge in [-0.25, -0.2) is 9.18 Å². The second kappa shape index (κ2) is 11.6. The highest BCUT2D eigenvalue weighted by Gasteiger charge is 2.31. The molecule has 0 unspecified atom stereocenters. The van der Waals surface area contributed by atoms with E-state index in [1.165, 1.54) is 32.9 Å². The maximum atomic E-state index is 14.8. The van der Waals surface area contributed by atoms with E-state index in [0.29, 0.717) is 29.7 Å². The molecule has 1 fully saturated rings. The maximum Gasteiger partial charge on any atom is 0.336 e. The number of amidine groups is 1. The highest BCUT2D eigenvalue weighted by Crippen LogP contribution is 2.34.